The van der Waals surface area contributed by atoms with Gasteiger partial charge in [0.2, 0.25) is 5.69 Å². The first-order chi connectivity index (χ1) is 28.2. The second kappa shape index (κ2) is 14.5. The maximum atomic E-state index is 5.49. The molecule has 10 rings (SSSR count). The topological polar surface area (TPSA) is 61.2 Å². The third kappa shape index (κ3) is 6.41. The highest BCUT2D eigenvalue weighted by molar-refractivity contribution is 6.02. The molecule has 8 bridgehead atoms. The lowest BCUT2D eigenvalue weighted by Gasteiger charge is -2.07. The average molecular weight is 733 g/mol. The molecule has 5 nitrogen and oxygen atoms in total. The molecule has 2 aliphatic heterocycles. The summed E-state index contributed by atoms with van der Waals surface area (Å²) >= 11 is 0. The number of pyridine rings is 1. The molecular formula is C52H38N5+. The van der Waals surface area contributed by atoms with Crippen LogP contribution in [0.5, 0.6) is 0 Å². The molecule has 0 spiro atoms. The van der Waals surface area contributed by atoms with Gasteiger partial charge in [0.15, 0.2) is 6.20 Å². The average Bonchev–Trinajstić information content (AvgIpc) is 4.10. The van der Waals surface area contributed by atoms with Crippen molar-refractivity contribution in [2.24, 2.45) is 7.05 Å². The van der Waals surface area contributed by atoms with Crippen LogP contribution < -0.4 is 4.57 Å². The second-order valence-electron chi connectivity index (χ2n) is 14.3. The molecule has 0 atom stereocenters. The van der Waals surface area contributed by atoms with Crippen LogP contribution in [0.4, 0.5) is 0 Å². The molecule has 0 saturated heterocycles. The Hall–Kier alpha value is -7.63. The van der Waals surface area contributed by atoms with Crippen molar-refractivity contribution < 1.29 is 4.57 Å². The zero-order valence-corrected chi connectivity index (χ0v) is 31.4. The zero-order chi connectivity index (χ0) is 38.1. The lowest BCUT2D eigenvalue weighted by Crippen LogP contribution is -2.30. The van der Waals surface area contributed by atoms with Crippen molar-refractivity contribution in [1.82, 2.24) is 19.9 Å². The third-order valence-corrected chi connectivity index (χ3v) is 10.7. The lowest BCUT2D eigenvalue weighted by molar-refractivity contribution is -0.673. The molecule has 4 aromatic carbocycles. The van der Waals surface area contributed by atoms with Crippen LogP contribution in [-0.2, 0) is 7.05 Å². The maximum Gasteiger partial charge on any atom is 0.204 e. The van der Waals surface area contributed by atoms with Gasteiger partial charge in [-0.05, 0) is 76.9 Å². The van der Waals surface area contributed by atoms with Crippen molar-refractivity contribution in [2.75, 3.05) is 0 Å². The number of fused-ring (bicyclic) bond motifs is 8. The van der Waals surface area contributed by atoms with Crippen LogP contribution in [0.25, 0.3) is 103 Å². The number of benzene rings is 4. The first kappa shape index (κ1) is 33.9. The number of rotatable bonds is 6. The molecule has 8 aromatic rings. The van der Waals surface area contributed by atoms with E-state index in [9.17, 15) is 0 Å². The van der Waals surface area contributed by atoms with Crippen LogP contribution in [0.3, 0.4) is 0 Å². The van der Waals surface area contributed by atoms with E-state index in [2.05, 4.69) is 216 Å². The van der Waals surface area contributed by atoms with E-state index in [1.807, 2.05) is 6.07 Å². The normalized spacial score (nSPS) is 12.1. The molecule has 0 aliphatic carbocycles. The Kier molecular flexibility index (Phi) is 8.65. The first-order valence-corrected chi connectivity index (χ1v) is 19.2. The monoisotopic (exact) mass is 732 g/mol. The summed E-state index contributed by atoms with van der Waals surface area (Å²) in [6.45, 7) is 0. The van der Waals surface area contributed by atoms with Gasteiger partial charge in [0, 0.05) is 62.6 Å². The fourth-order valence-electron chi connectivity index (χ4n) is 7.96. The van der Waals surface area contributed by atoms with E-state index in [0.717, 1.165) is 101 Å². The Morgan fingerprint density at radius 3 is 1.32 bits per heavy atom. The van der Waals surface area contributed by atoms with E-state index >= 15 is 0 Å². The van der Waals surface area contributed by atoms with Gasteiger partial charge in [-0.25, -0.2) is 14.5 Å². The van der Waals surface area contributed by atoms with Crippen LogP contribution in [0.1, 0.15) is 34.0 Å². The van der Waals surface area contributed by atoms with E-state index in [-0.39, 0.29) is 0 Å². The third-order valence-electron chi connectivity index (χ3n) is 10.7. The molecular weight excluding hydrogens is 695 g/mol. The summed E-state index contributed by atoms with van der Waals surface area (Å²) in [5.74, 6) is 0. The number of aromatic amines is 2. The molecule has 0 fully saturated rings. The molecule has 4 aromatic heterocycles. The van der Waals surface area contributed by atoms with Gasteiger partial charge in [0.05, 0.1) is 28.3 Å². The molecule has 2 N–H and O–H groups in total. The van der Waals surface area contributed by atoms with Crippen molar-refractivity contribution in [3.05, 3.63) is 198 Å². The van der Waals surface area contributed by atoms with Gasteiger partial charge in [0.1, 0.15) is 7.05 Å². The van der Waals surface area contributed by atoms with Gasteiger partial charge in [-0.1, -0.05) is 121 Å². The highest BCUT2D eigenvalue weighted by Crippen LogP contribution is 2.39. The highest BCUT2D eigenvalue weighted by atomic mass is 14.9. The summed E-state index contributed by atoms with van der Waals surface area (Å²) in [6, 6.07) is 55.0. The van der Waals surface area contributed by atoms with Gasteiger partial charge in [-0.2, -0.15) is 0 Å². The highest BCUT2D eigenvalue weighted by Gasteiger charge is 2.20. The molecule has 0 unspecified atom stereocenters. The Morgan fingerprint density at radius 2 is 0.842 bits per heavy atom. The number of aromatic nitrogens is 5. The Balaban J connectivity index is 1.41. The van der Waals surface area contributed by atoms with Crippen molar-refractivity contribution in [1.29, 1.82) is 0 Å². The number of hydrogen-bond acceptors (Lipinski definition) is 2. The van der Waals surface area contributed by atoms with Gasteiger partial charge in [-0.15, -0.1) is 0 Å². The summed E-state index contributed by atoms with van der Waals surface area (Å²) in [6.07, 6.45) is 15.1. The number of nitrogens with one attached hydrogen (secondary N) is 2. The molecule has 57 heavy (non-hydrogen) atoms. The molecule has 2 aliphatic rings. The fraction of sp³-hybridized carbons (Fsp3) is 0.0192. The van der Waals surface area contributed by atoms with Crippen LogP contribution in [-0.4, -0.2) is 19.9 Å². The first-order valence-electron chi connectivity index (χ1n) is 19.2. The van der Waals surface area contributed by atoms with Gasteiger partial charge >= 0.3 is 0 Å². The summed E-state index contributed by atoms with van der Waals surface area (Å²) in [7, 11) is 2.07. The fourth-order valence-corrected chi connectivity index (χ4v) is 7.96. The summed E-state index contributed by atoms with van der Waals surface area (Å²) in [4.78, 5) is 18.8. The number of aryl methyl sites for hydroxylation is 1. The Bertz CT molecular complexity index is 3040. The van der Waals surface area contributed by atoms with Crippen molar-refractivity contribution in [3.63, 3.8) is 0 Å². The number of hydrogen-bond donors (Lipinski definition) is 2. The lowest BCUT2D eigenvalue weighted by atomic mass is 10.0. The predicted molar refractivity (Wildman–Crippen MR) is 237 cm³/mol. The largest absolute Gasteiger partial charge is 0.354 e. The molecule has 0 radical (unpaired) electrons. The van der Waals surface area contributed by atoms with E-state index in [0.29, 0.717) is 0 Å². The Morgan fingerprint density at radius 1 is 0.421 bits per heavy atom. The minimum absolute atomic E-state index is 0.878. The van der Waals surface area contributed by atoms with Crippen molar-refractivity contribution in [3.8, 4) is 44.5 Å². The van der Waals surface area contributed by atoms with E-state index in [1.54, 1.807) is 0 Å². The van der Waals surface area contributed by atoms with Gasteiger partial charge in [-0.3, -0.25) is 0 Å². The molecule has 270 valence electrons. The Labute approximate surface area is 331 Å². The maximum absolute atomic E-state index is 5.49. The molecule has 0 saturated carbocycles. The van der Waals surface area contributed by atoms with Crippen molar-refractivity contribution >= 4 is 58.5 Å². The van der Waals surface area contributed by atoms with Gasteiger partial charge < -0.3 is 9.97 Å². The molecule has 0 amide bonds. The predicted octanol–water partition coefficient (Wildman–Crippen LogP) is 12.3. The molecule has 5 heteroatoms. The summed E-state index contributed by atoms with van der Waals surface area (Å²) in [5, 5.41) is 0. The second-order valence-corrected chi connectivity index (χ2v) is 14.3. The van der Waals surface area contributed by atoms with Crippen molar-refractivity contribution in [2.45, 2.75) is 0 Å². The minimum Gasteiger partial charge on any atom is -0.354 e. The van der Waals surface area contributed by atoms with Crippen LogP contribution >= 0.6 is 0 Å². The van der Waals surface area contributed by atoms with Crippen LogP contribution in [0, 0.1) is 0 Å². The quantitative estimate of drug-likeness (QED) is 0.167. The van der Waals surface area contributed by atoms with Gasteiger partial charge in [0.25, 0.3) is 0 Å². The van der Waals surface area contributed by atoms with E-state index in [1.165, 1.54) is 0 Å². The summed E-state index contributed by atoms with van der Waals surface area (Å²) < 4.78 is 2.13. The van der Waals surface area contributed by atoms with E-state index in [4.69, 9.17) is 9.97 Å². The van der Waals surface area contributed by atoms with Crippen LogP contribution in [0.2, 0.25) is 0 Å². The standard InChI is InChI=1S/C52H37N5/c1-57-33-15-14-24-40(57)26-25-39-34-47-50(37-20-10-4-11-21-37)45-30-29-43(54-45)48(35-16-6-2-7-17-35)41-27-28-42(53-41)49(36-18-8-3-9-19-36)44-31-32-46(55-44)51(52(39)56-47)38-22-12-5-13-23-38/h2-34H,1H3,(H,53,54,55,56)/p+1. The number of nitrogens with zero attached hydrogens (tertiary/aromatic N) is 3. The smallest absolute Gasteiger partial charge is 0.204 e. The van der Waals surface area contributed by atoms with Crippen LogP contribution in [0.15, 0.2) is 164 Å². The zero-order valence-electron chi connectivity index (χ0n) is 31.4. The SMILES string of the molecule is C[n+]1ccccc1C=Cc1cc2[nH]c1c(-c1ccccc1)c1nc(c(-c3ccccc3)c3ccc([nH]3)c(-c3ccccc3)c3nc(c2-c2ccccc2)C=C3)C=C1. The molecule has 6 heterocycles. The summed E-state index contributed by atoms with van der Waals surface area (Å²) in [5.41, 5.74) is 18.0. The van der Waals surface area contributed by atoms with E-state index < -0.39 is 0 Å². The number of H-pyrrole nitrogens is 2. The minimum atomic E-state index is 0.878.